The molecule has 26 heavy (non-hydrogen) atoms. The summed E-state index contributed by atoms with van der Waals surface area (Å²) in [5.74, 6) is 2.25. The predicted octanol–water partition coefficient (Wildman–Crippen LogP) is 2.09. The minimum absolute atomic E-state index is 0.259. The van der Waals surface area contributed by atoms with Crippen LogP contribution in [0.15, 0.2) is 30.3 Å². The van der Waals surface area contributed by atoms with Gasteiger partial charge < -0.3 is 9.47 Å². The van der Waals surface area contributed by atoms with Crippen LogP contribution in [0.4, 0.5) is 0 Å². The van der Waals surface area contributed by atoms with Crippen LogP contribution in [0.2, 0.25) is 0 Å². The molecule has 0 N–H and O–H groups in total. The second-order valence-corrected chi connectivity index (χ2v) is 7.49. The number of amides is 1. The molecule has 0 aliphatic carbocycles. The van der Waals surface area contributed by atoms with E-state index in [0.29, 0.717) is 19.1 Å². The predicted molar refractivity (Wildman–Crippen MR) is 99.6 cm³/mol. The van der Waals surface area contributed by atoms with Crippen LogP contribution in [-0.2, 0) is 24.3 Å². The van der Waals surface area contributed by atoms with E-state index >= 15 is 0 Å². The van der Waals surface area contributed by atoms with E-state index in [-0.39, 0.29) is 5.91 Å². The number of rotatable bonds is 4. The van der Waals surface area contributed by atoms with Gasteiger partial charge in [0.05, 0.1) is 13.1 Å². The van der Waals surface area contributed by atoms with Crippen LogP contribution in [-0.4, -0.2) is 56.1 Å². The van der Waals surface area contributed by atoms with E-state index in [9.17, 15) is 4.79 Å². The molecule has 1 fully saturated rings. The largest absolute Gasteiger partial charge is 0.339 e. The van der Waals surface area contributed by atoms with Crippen LogP contribution in [0.3, 0.4) is 0 Å². The van der Waals surface area contributed by atoms with Gasteiger partial charge in [0.15, 0.2) is 0 Å². The van der Waals surface area contributed by atoms with E-state index in [4.69, 9.17) is 0 Å². The van der Waals surface area contributed by atoms with Crippen LogP contribution >= 0.6 is 0 Å². The van der Waals surface area contributed by atoms with Gasteiger partial charge in [0.1, 0.15) is 11.6 Å². The van der Waals surface area contributed by atoms with Crippen molar-refractivity contribution >= 4 is 5.91 Å². The Bertz CT molecular complexity index is 757. The van der Waals surface area contributed by atoms with E-state index in [0.717, 1.165) is 50.5 Å². The lowest BCUT2D eigenvalue weighted by molar-refractivity contribution is -0.136. The van der Waals surface area contributed by atoms with Gasteiger partial charge in [0.25, 0.3) is 0 Å². The zero-order chi connectivity index (χ0) is 17.9. The molecule has 6 heteroatoms. The summed E-state index contributed by atoms with van der Waals surface area (Å²) in [5, 5.41) is 8.78. The Hall–Kier alpha value is -2.21. The minimum atomic E-state index is 0.259. The van der Waals surface area contributed by atoms with Crippen molar-refractivity contribution in [3.63, 3.8) is 0 Å². The summed E-state index contributed by atoms with van der Waals surface area (Å²) in [6.45, 7) is 6.00. The third kappa shape index (κ3) is 3.65. The van der Waals surface area contributed by atoms with Gasteiger partial charge in [0.2, 0.25) is 5.91 Å². The number of aromatic nitrogens is 3. The van der Waals surface area contributed by atoms with E-state index < -0.39 is 0 Å². The molecule has 1 aromatic heterocycles. The van der Waals surface area contributed by atoms with Crippen LogP contribution in [0.5, 0.6) is 0 Å². The van der Waals surface area contributed by atoms with Crippen molar-refractivity contribution in [1.82, 2.24) is 24.6 Å². The molecule has 1 atom stereocenters. The van der Waals surface area contributed by atoms with Crippen molar-refractivity contribution in [2.24, 2.45) is 0 Å². The number of carbonyl (C=O) groups excluding carboxylic acids is 1. The summed E-state index contributed by atoms with van der Waals surface area (Å²) in [6, 6.07) is 10.8. The van der Waals surface area contributed by atoms with Gasteiger partial charge in [-0.2, -0.15) is 0 Å². The Morgan fingerprint density at radius 1 is 1.12 bits per heavy atom. The molecule has 0 saturated carbocycles. The summed E-state index contributed by atoms with van der Waals surface area (Å²) in [7, 11) is 0. The summed E-state index contributed by atoms with van der Waals surface area (Å²) < 4.78 is 2.22. The number of fused-ring (bicyclic) bond motifs is 1. The Kier molecular flexibility index (Phi) is 5.02. The molecule has 0 radical (unpaired) electrons. The Morgan fingerprint density at radius 2 is 1.96 bits per heavy atom. The quantitative estimate of drug-likeness (QED) is 0.845. The van der Waals surface area contributed by atoms with Crippen LogP contribution in [0, 0.1) is 0 Å². The number of piperidine rings is 1. The summed E-state index contributed by atoms with van der Waals surface area (Å²) in [6.07, 6.45) is 4.30. The van der Waals surface area contributed by atoms with Gasteiger partial charge in [-0.1, -0.05) is 30.3 Å². The van der Waals surface area contributed by atoms with Crippen LogP contribution in [0.1, 0.15) is 43.4 Å². The summed E-state index contributed by atoms with van der Waals surface area (Å²) in [5.41, 5.74) is 1.25. The third-order valence-corrected chi connectivity index (χ3v) is 5.60. The number of hydrogen-bond acceptors (Lipinski definition) is 4. The van der Waals surface area contributed by atoms with Crippen molar-refractivity contribution in [2.45, 2.75) is 51.7 Å². The molecule has 1 amide bonds. The molecule has 0 spiro atoms. The second kappa shape index (κ2) is 7.58. The Balaban J connectivity index is 1.38. The smallest absolute Gasteiger partial charge is 0.237 e. The van der Waals surface area contributed by atoms with Crippen molar-refractivity contribution in [3.8, 4) is 0 Å². The number of hydrogen-bond donors (Lipinski definition) is 0. The monoisotopic (exact) mass is 353 g/mol. The SMILES string of the molecule is CC1CCCCN1C(=O)CN1CCn2c(Cc3ccccc3)nnc2C1. The lowest BCUT2D eigenvalue weighted by atomic mass is 10.0. The molecule has 0 bridgehead atoms. The average molecular weight is 353 g/mol. The summed E-state index contributed by atoms with van der Waals surface area (Å²) in [4.78, 5) is 16.9. The highest BCUT2D eigenvalue weighted by molar-refractivity contribution is 5.78. The first kappa shape index (κ1) is 17.2. The molecule has 6 nitrogen and oxygen atoms in total. The fourth-order valence-electron chi connectivity index (χ4n) is 4.06. The van der Waals surface area contributed by atoms with Crippen molar-refractivity contribution in [2.75, 3.05) is 19.6 Å². The Labute approximate surface area is 154 Å². The fourth-order valence-corrected chi connectivity index (χ4v) is 4.06. The molecular weight excluding hydrogens is 326 g/mol. The van der Waals surface area contributed by atoms with Gasteiger partial charge in [-0.15, -0.1) is 10.2 Å². The molecule has 138 valence electrons. The van der Waals surface area contributed by atoms with E-state index in [1.54, 1.807) is 0 Å². The highest BCUT2D eigenvalue weighted by atomic mass is 16.2. The lowest BCUT2D eigenvalue weighted by Gasteiger charge is -2.36. The molecule has 1 aromatic carbocycles. The topological polar surface area (TPSA) is 54.3 Å². The normalized spacial score (nSPS) is 20.8. The molecule has 1 saturated heterocycles. The molecule has 2 aromatic rings. The van der Waals surface area contributed by atoms with Crippen molar-refractivity contribution in [3.05, 3.63) is 47.5 Å². The van der Waals surface area contributed by atoms with Crippen LogP contribution in [0.25, 0.3) is 0 Å². The number of nitrogens with zero attached hydrogens (tertiary/aromatic N) is 5. The van der Waals surface area contributed by atoms with Gasteiger partial charge in [-0.05, 0) is 31.7 Å². The fraction of sp³-hybridized carbons (Fsp3) is 0.550. The Morgan fingerprint density at radius 3 is 2.77 bits per heavy atom. The highest BCUT2D eigenvalue weighted by Crippen LogP contribution is 2.19. The summed E-state index contributed by atoms with van der Waals surface area (Å²) >= 11 is 0. The standard InChI is InChI=1S/C20H27N5O/c1-16-7-5-6-10-24(16)20(26)15-23-11-12-25-18(21-22-19(25)14-23)13-17-8-3-2-4-9-17/h2-4,8-9,16H,5-7,10-15H2,1H3. The minimum Gasteiger partial charge on any atom is -0.339 e. The van der Waals surface area contributed by atoms with Gasteiger partial charge in [0, 0.05) is 32.1 Å². The first-order valence-electron chi connectivity index (χ1n) is 9.67. The number of carbonyl (C=O) groups is 1. The molecule has 3 heterocycles. The molecular formula is C20H27N5O. The molecule has 4 rings (SSSR count). The number of benzene rings is 1. The third-order valence-electron chi connectivity index (χ3n) is 5.60. The van der Waals surface area contributed by atoms with Crippen molar-refractivity contribution in [1.29, 1.82) is 0 Å². The first-order chi connectivity index (χ1) is 12.7. The maximum absolute atomic E-state index is 12.7. The maximum Gasteiger partial charge on any atom is 0.237 e. The van der Waals surface area contributed by atoms with Gasteiger partial charge in [-0.25, -0.2) is 0 Å². The van der Waals surface area contributed by atoms with E-state index in [2.05, 4.69) is 55.8 Å². The molecule has 1 unspecified atom stereocenters. The average Bonchev–Trinajstić information content (AvgIpc) is 3.05. The lowest BCUT2D eigenvalue weighted by Crippen LogP contribution is -2.48. The first-order valence-corrected chi connectivity index (χ1v) is 9.67. The zero-order valence-corrected chi connectivity index (χ0v) is 15.5. The van der Waals surface area contributed by atoms with Crippen molar-refractivity contribution < 1.29 is 4.79 Å². The highest BCUT2D eigenvalue weighted by Gasteiger charge is 2.27. The molecule has 2 aliphatic heterocycles. The zero-order valence-electron chi connectivity index (χ0n) is 15.5. The van der Waals surface area contributed by atoms with Gasteiger partial charge >= 0.3 is 0 Å². The van der Waals surface area contributed by atoms with Crippen LogP contribution < -0.4 is 0 Å². The van der Waals surface area contributed by atoms with Gasteiger partial charge in [-0.3, -0.25) is 9.69 Å². The van der Waals surface area contributed by atoms with E-state index in [1.807, 2.05) is 6.07 Å². The van der Waals surface area contributed by atoms with E-state index in [1.165, 1.54) is 12.0 Å². The molecule has 2 aliphatic rings. The maximum atomic E-state index is 12.7. The number of likely N-dealkylation sites (tertiary alicyclic amines) is 1. The second-order valence-electron chi connectivity index (χ2n) is 7.49.